The summed E-state index contributed by atoms with van der Waals surface area (Å²) in [6.07, 6.45) is 0. The maximum absolute atomic E-state index is 12.6. The zero-order chi connectivity index (χ0) is 18.7. The van der Waals surface area contributed by atoms with E-state index in [1.165, 1.54) is 17.4 Å². The predicted molar refractivity (Wildman–Crippen MR) is 105 cm³/mol. The molecule has 0 saturated carbocycles. The van der Waals surface area contributed by atoms with Gasteiger partial charge in [0.05, 0.1) is 34.5 Å². The highest BCUT2D eigenvalue weighted by Crippen LogP contribution is 2.24. The number of thiazole rings is 1. The van der Waals surface area contributed by atoms with Crippen LogP contribution in [0.5, 0.6) is 5.75 Å². The van der Waals surface area contributed by atoms with Gasteiger partial charge in [0.15, 0.2) is 4.80 Å². The zero-order valence-corrected chi connectivity index (χ0v) is 16.5. The molecule has 1 aromatic heterocycles. The van der Waals surface area contributed by atoms with E-state index in [1.807, 2.05) is 22.8 Å². The van der Waals surface area contributed by atoms with Gasteiger partial charge >= 0.3 is 0 Å². The molecule has 0 N–H and O–H groups in total. The molecule has 0 unspecified atom stereocenters. The summed E-state index contributed by atoms with van der Waals surface area (Å²) in [5.74, 6) is 0.301. The number of rotatable bonds is 5. The highest BCUT2D eigenvalue weighted by atomic mass is 35.5. The molecule has 3 rings (SSSR count). The van der Waals surface area contributed by atoms with Crippen molar-refractivity contribution in [1.82, 2.24) is 4.57 Å². The number of carbonyl (C=O) groups excluding carboxylic acids is 1. The summed E-state index contributed by atoms with van der Waals surface area (Å²) in [5, 5.41) is 0.746. The average molecular weight is 411 g/mol. The Morgan fingerprint density at radius 3 is 2.73 bits per heavy atom. The summed E-state index contributed by atoms with van der Waals surface area (Å²) in [4.78, 5) is 17.5. The molecule has 26 heavy (non-hydrogen) atoms. The van der Waals surface area contributed by atoms with Gasteiger partial charge in [-0.2, -0.15) is 4.99 Å². The first-order chi connectivity index (χ1) is 12.5. The largest absolute Gasteiger partial charge is 0.497 e. The molecular formula is C18H16Cl2N2O3S. The number of methoxy groups -OCH3 is 2. The van der Waals surface area contributed by atoms with Crippen LogP contribution in [-0.2, 0) is 11.3 Å². The second-order valence-electron chi connectivity index (χ2n) is 5.40. The molecule has 0 bridgehead atoms. The van der Waals surface area contributed by atoms with Crippen LogP contribution in [0.15, 0.2) is 41.4 Å². The van der Waals surface area contributed by atoms with Crippen LogP contribution >= 0.6 is 34.5 Å². The van der Waals surface area contributed by atoms with E-state index < -0.39 is 5.91 Å². The van der Waals surface area contributed by atoms with Crippen LogP contribution < -0.4 is 9.54 Å². The summed E-state index contributed by atoms with van der Waals surface area (Å²) in [5.41, 5.74) is 1.23. The quantitative estimate of drug-likeness (QED) is 0.625. The first-order valence-electron chi connectivity index (χ1n) is 7.74. The Morgan fingerprint density at radius 2 is 2.00 bits per heavy atom. The molecule has 0 saturated heterocycles. The smallest absolute Gasteiger partial charge is 0.281 e. The monoisotopic (exact) mass is 410 g/mol. The molecule has 1 heterocycles. The van der Waals surface area contributed by atoms with E-state index in [1.54, 1.807) is 26.4 Å². The molecule has 5 nitrogen and oxygen atoms in total. The maximum Gasteiger partial charge on any atom is 0.281 e. The minimum atomic E-state index is -0.442. The molecule has 0 aliphatic heterocycles. The lowest BCUT2D eigenvalue weighted by atomic mass is 10.2. The summed E-state index contributed by atoms with van der Waals surface area (Å²) < 4.78 is 13.4. The molecule has 0 aliphatic carbocycles. The van der Waals surface area contributed by atoms with E-state index in [0.717, 1.165) is 16.0 Å². The third-order valence-corrected chi connectivity index (χ3v) is 5.37. The van der Waals surface area contributed by atoms with Crippen LogP contribution in [0.3, 0.4) is 0 Å². The second kappa shape index (κ2) is 8.22. The van der Waals surface area contributed by atoms with Crippen LogP contribution in [0.25, 0.3) is 10.2 Å². The van der Waals surface area contributed by atoms with Crippen LogP contribution in [0.4, 0.5) is 0 Å². The highest BCUT2D eigenvalue weighted by molar-refractivity contribution is 7.16. The number of hydrogen-bond acceptors (Lipinski definition) is 4. The van der Waals surface area contributed by atoms with E-state index in [4.69, 9.17) is 32.7 Å². The number of benzene rings is 2. The van der Waals surface area contributed by atoms with Crippen molar-refractivity contribution in [2.45, 2.75) is 6.54 Å². The van der Waals surface area contributed by atoms with Gasteiger partial charge in [0.25, 0.3) is 5.91 Å². The fraction of sp³-hybridized carbons (Fsp3) is 0.222. The van der Waals surface area contributed by atoms with E-state index in [2.05, 4.69) is 4.99 Å². The number of hydrogen-bond donors (Lipinski definition) is 0. The predicted octanol–water partition coefficient (Wildman–Crippen LogP) is 4.41. The van der Waals surface area contributed by atoms with Crippen molar-refractivity contribution in [3.63, 3.8) is 0 Å². The Kier molecular flexibility index (Phi) is 5.98. The van der Waals surface area contributed by atoms with Crippen LogP contribution in [0.2, 0.25) is 10.0 Å². The SMILES string of the molecule is COCCn1c(=NC(=O)c2cc(Cl)ccc2Cl)sc2cc(OC)ccc21. The number of carbonyl (C=O) groups is 1. The molecular weight excluding hydrogens is 395 g/mol. The lowest BCUT2D eigenvalue weighted by Crippen LogP contribution is -2.19. The molecule has 0 atom stereocenters. The molecule has 8 heteroatoms. The second-order valence-corrected chi connectivity index (χ2v) is 7.26. The minimum Gasteiger partial charge on any atom is -0.497 e. The number of aromatic nitrogens is 1. The van der Waals surface area contributed by atoms with Gasteiger partial charge in [-0.3, -0.25) is 4.79 Å². The van der Waals surface area contributed by atoms with Crippen molar-refractivity contribution in [2.24, 2.45) is 4.99 Å². The first-order valence-corrected chi connectivity index (χ1v) is 9.31. The normalized spacial score (nSPS) is 11.9. The van der Waals surface area contributed by atoms with Crippen molar-refractivity contribution >= 4 is 50.7 Å². The van der Waals surface area contributed by atoms with Gasteiger partial charge in [0.2, 0.25) is 0 Å². The van der Waals surface area contributed by atoms with Crippen molar-refractivity contribution in [2.75, 3.05) is 20.8 Å². The van der Waals surface area contributed by atoms with Crippen LogP contribution in [-0.4, -0.2) is 31.3 Å². The molecule has 3 aromatic rings. The van der Waals surface area contributed by atoms with E-state index in [9.17, 15) is 4.79 Å². The Labute approximate surface area is 164 Å². The van der Waals surface area contributed by atoms with Gasteiger partial charge < -0.3 is 14.0 Å². The molecule has 0 spiro atoms. The van der Waals surface area contributed by atoms with Crippen molar-refractivity contribution < 1.29 is 14.3 Å². The van der Waals surface area contributed by atoms with Crippen molar-refractivity contribution in [3.05, 3.63) is 56.8 Å². The summed E-state index contributed by atoms with van der Waals surface area (Å²) in [7, 11) is 3.25. The number of halogens is 2. The third kappa shape index (κ3) is 3.94. The Morgan fingerprint density at radius 1 is 1.19 bits per heavy atom. The minimum absolute atomic E-state index is 0.271. The molecule has 0 radical (unpaired) electrons. The number of nitrogens with zero attached hydrogens (tertiary/aromatic N) is 2. The lowest BCUT2D eigenvalue weighted by Gasteiger charge is -2.05. The Bertz CT molecular complexity index is 1030. The Balaban J connectivity index is 2.13. The van der Waals surface area contributed by atoms with Gasteiger partial charge in [0, 0.05) is 18.7 Å². The van der Waals surface area contributed by atoms with Crippen LogP contribution in [0.1, 0.15) is 10.4 Å². The van der Waals surface area contributed by atoms with Crippen molar-refractivity contribution in [1.29, 1.82) is 0 Å². The van der Waals surface area contributed by atoms with E-state index in [0.29, 0.717) is 28.0 Å². The number of fused-ring (bicyclic) bond motifs is 1. The first kappa shape index (κ1) is 18.9. The van der Waals surface area contributed by atoms with Gasteiger partial charge in [-0.1, -0.05) is 34.5 Å². The molecule has 136 valence electrons. The summed E-state index contributed by atoms with van der Waals surface area (Å²) in [6.45, 7) is 1.06. The van der Waals surface area contributed by atoms with Gasteiger partial charge in [-0.05, 0) is 36.4 Å². The summed E-state index contributed by atoms with van der Waals surface area (Å²) in [6, 6.07) is 10.5. The topological polar surface area (TPSA) is 52.8 Å². The van der Waals surface area contributed by atoms with Gasteiger partial charge in [-0.25, -0.2) is 0 Å². The van der Waals surface area contributed by atoms with E-state index in [-0.39, 0.29) is 5.56 Å². The summed E-state index contributed by atoms with van der Waals surface area (Å²) >= 11 is 13.5. The van der Waals surface area contributed by atoms with Crippen LogP contribution in [0, 0.1) is 0 Å². The number of amides is 1. The molecule has 0 fully saturated rings. The standard InChI is InChI=1S/C18H16Cl2N2O3S/c1-24-8-7-22-15-6-4-12(25-2)10-16(15)26-18(22)21-17(23)13-9-11(19)3-5-14(13)20/h3-6,9-10H,7-8H2,1-2H3. The maximum atomic E-state index is 12.6. The highest BCUT2D eigenvalue weighted by Gasteiger charge is 2.13. The Hall–Kier alpha value is -1.86. The van der Waals surface area contributed by atoms with Gasteiger partial charge in [-0.15, -0.1) is 0 Å². The zero-order valence-electron chi connectivity index (χ0n) is 14.2. The fourth-order valence-electron chi connectivity index (χ4n) is 2.47. The molecule has 1 amide bonds. The van der Waals surface area contributed by atoms with Gasteiger partial charge in [0.1, 0.15) is 5.75 Å². The third-order valence-electron chi connectivity index (χ3n) is 3.76. The molecule has 2 aromatic carbocycles. The average Bonchev–Trinajstić information content (AvgIpc) is 2.97. The lowest BCUT2D eigenvalue weighted by molar-refractivity contribution is 0.0997. The van der Waals surface area contributed by atoms with E-state index >= 15 is 0 Å². The molecule has 0 aliphatic rings. The fourth-order valence-corrected chi connectivity index (χ4v) is 3.93. The van der Waals surface area contributed by atoms with Crippen molar-refractivity contribution in [3.8, 4) is 5.75 Å². The number of ether oxygens (including phenoxy) is 2.